The smallest absolute Gasteiger partial charge is 0.338 e. The van der Waals surface area contributed by atoms with Crippen LogP contribution >= 0.6 is 0 Å². The number of nitrogens with one attached hydrogen (secondary N) is 2. The van der Waals surface area contributed by atoms with Crippen LogP contribution in [0.15, 0.2) is 36.9 Å². The van der Waals surface area contributed by atoms with Gasteiger partial charge >= 0.3 is 12.0 Å². The molecule has 1 aromatic carbocycles. The number of aromatic nitrogens is 3. The molecule has 2 N–H and O–H groups in total. The van der Waals surface area contributed by atoms with Crippen molar-refractivity contribution in [2.24, 2.45) is 5.92 Å². The normalized spacial score (nSPS) is 10.4. The predicted molar refractivity (Wildman–Crippen MR) is 92.2 cm³/mol. The second-order valence-electron chi connectivity index (χ2n) is 6.02. The summed E-state index contributed by atoms with van der Waals surface area (Å²) in [5.41, 5.74) is 1.25. The van der Waals surface area contributed by atoms with Gasteiger partial charge in [-0.25, -0.2) is 19.3 Å². The van der Waals surface area contributed by atoms with Crippen LogP contribution in [0.5, 0.6) is 0 Å². The molecular formula is C17H21N5O4. The highest BCUT2D eigenvalue weighted by atomic mass is 16.5. The molecule has 0 bridgehead atoms. The first-order valence-electron chi connectivity index (χ1n) is 8.10. The number of urea groups is 1. The number of esters is 1. The Morgan fingerprint density at radius 3 is 2.54 bits per heavy atom. The van der Waals surface area contributed by atoms with Gasteiger partial charge in [0.1, 0.15) is 12.7 Å². The zero-order valence-corrected chi connectivity index (χ0v) is 14.6. The average Bonchev–Trinajstić information content (AvgIpc) is 3.11. The molecule has 1 heterocycles. The summed E-state index contributed by atoms with van der Waals surface area (Å²) in [6, 6.07) is 6.11. The third kappa shape index (κ3) is 6.34. The van der Waals surface area contributed by atoms with E-state index in [-0.39, 0.29) is 5.92 Å². The molecule has 2 rings (SSSR count). The zero-order chi connectivity index (χ0) is 18.9. The lowest BCUT2D eigenvalue weighted by molar-refractivity contribution is -0.123. The summed E-state index contributed by atoms with van der Waals surface area (Å²) in [6.07, 6.45) is 3.04. The van der Waals surface area contributed by atoms with E-state index in [1.165, 1.54) is 6.33 Å². The molecule has 9 heteroatoms. The lowest BCUT2D eigenvalue weighted by atomic mass is 10.1. The summed E-state index contributed by atoms with van der Waals surface area (Å²) in [5, 5.41) is 8.63. The monoisotopic (exact) mass is 359 g/mol. The van der Waals surface area contributed by atoms with Crippen LogP contribution in [0.3, 0.4) is 0 Å². The number of carbonyl (C=O) groups excluding carboxylic acids is 3. The van der Waals surface area contributed by atoms with Gasteiger partial charge in [-0.3, -0.25) is 10.1 Å². The van der Waals surface area contributed by atoms with E-state index >= 15 is 0 Å². The van der Waals surface area contributed by atoms with Gasteiger partial charge in [-0.05, 0) is 23.6 Å². The Bertz CT molecular complexity index is 741. The van der Waals surface area contributed by atoms with Gasteiger partial charge in [0.25, 0.3) is 5.91 Å². The summed E-state index contributed by atoms with van der Waals surface area (Å²) in [7, 11) is 0. The minimum Gasteiger partial charge on any atom is -0.452 e. The molecule has 0 atom stereocenters. The number of amides is 3. The minimum atomic E-state index is -0.692. The molecule has 3 amide bonds. The van der Waals surface area contributed by atoms with Gasteiger partial charge in [0.2, 0.25) is 0 Å². The molecule has 0 aliphatic rings. The van der Waals surface area contributed by atoms with E-state index in [0.717, 1.165) is 5.56 Å². The Labute approximate surface area is 150 Å². The largest absolute Gasteiger partial charge is 0.452 e. The van der Waals surface area contributed by atoms with E-state index < -0.39 is 24.5 Å². The van der Waals surface area contributed by atoms with Gasteiger partial charge in [-0.15, -0.1) is 0 Å². The topological polar surface area (TPSA) is 115 Å². The number of benzene rings is 1. The van der Waals surface area contributed by atoms with Crippen molar-refractivity contribution in [1.82, 2.24) is 25.4 Å². The highest BCUT2D eigenvalue weighted by molar-refractivity contribution is 5.97. The average molecular weight is 359 g/mol. The van der Waals surface area contributed by atoms with Crippen molar-refractivity contribution < 1.29 is 19.1 Å². The van der Waals surface area contributed by atoms with Crippen LogP contribution in [0.1, 0.15) is 29.8 Å². The number of carbonyl (C=O) groups is 3. The fourth-order valence-corrected chi connectivity index (χ4v) is 1.97. The van der Waals surface area contributed by atoms with E-state index in [1.54, 1.807) is 35.3 Å². The van der Waals surface area contributed by atoms with Crippen LogP contribution in [-0.4, -0.2) is 45.8 Å². The van der Waals surface area contributed by atoms with Gasteiger partial charge in [-0.1, -0.05) is 26.0 Å². The molecule has 0 unspecified atom stereocenters. The summed E-state index contributed by atoms with van der Waals surface area (Å²) < 4.78 is 6.56. The van der Waals surface area contributed by atoms with E-state index in [2.05, 4.69) is 20.7 Å². The van der Waals surface area contributed by atoms with Crippen molar-refractivity contribution in [1.29, 1.82) is 0 Å². The maximum atomic E-state index is 11.9. The molecule has 138 valence electrons. The molecule has 0 spiro atoms. The first-order valence-corrected chi connectivity index (χ1v) is 8.10. The Balaban J connectivity index is 1.76. The van der Waals surface area contributed by atoms with Gasteiger partial charge in [0.05, 0.1) is 12.1 Å². The molecule has 26 heavy (non-hydrogen) atoms. The fourth-order valence-electron chi connectivity index (χ4n) is 1.97. The molecule has 2 aromatic rings. The van der Waals surface area contributed by atoms with Crippen molar-refractivity contribution in [3.05, 3.63) is 48.0 Å². The van der Waals surface area contributed by atoms with E-state index in [9.17, 15) is 14.4 Å². The maximum Gasteiger partial charge on any atom is 0.338 e. The fraction of sp³-hybridized carbons (Fsp3) is 0.353. The van der Waals surface area contributed by atoms with Crippen LogP contribution in [0, 0.1) is 5.92 Å². The quantitative estimate of drug-likeness (QED) is 0.712. The third-order valence-electron chi connectivity index (χ3n) is 3.26. The highest BCUT2D eigenvalue weighted by Crippen LogP contribution is 2.07. The number of rotatable bonds is 7. The Morgan fingerprint density at radius 1 is 1.19 bits per heavy atom. The highest BCUT2D eigenvalue weighted by Gasteiger charge is 2.12. The van der Waals surface area contributed by atoms with Crippen LogP contribution in [0.4, 0.5) is 4.79 Å². The zero-order valence-electron chi connectivity index (χ0n) is 14.6. The number of hydrogen-bond acceptors (Lipinski definition) is 6. The van der Waals surface area contributed by atoms with Crippen LogP contribution in [0.25, 0.3) is 0 Å². The maximum absolute atomic E-state index is 11.9. The number of hydrogen-bond donors (Lipinski definition) is 2. The van der Waals surface area contributed by atoms with Gasteiger partial charge in [0.15, 0.2) is 6.61 Å². The number of nitrogens with zero attached hydrogens (tertiary/aromatic N) is 3. The molecule has 0 aliphatic heterocycles. The molecule has 9 nitrogen and oxygen atoms in total. The lowest BCUT2D eigenvalue weighted by Crippen LogP contribution is -2.42. The van der Waals surface area contributed by atoms with E-state index in [1.807, 2.05) is 13.8 Å². The Hall–Kier alpha value is -3.23. The standard InChI is InChI=1S/C17H21N5O4/c1-12(2)7-19-17(25)21-15(23)9-26-16(24)14-5-3-13(4-6-14)8-22-11-18-10-20-22/h3-6,10-12H,7-9H2,1-2H3,(H2,19,21,23,25). The molecule has 0 fully saturated rings. The molecule has 0 saturated heterocycles. The summed E-state index contributed by atoms with van der Waals surface area (Å²) in [5.74, 6) is -1.07. The van der Waals surface area contributed by atoms with Gasteiger partial charge in [-0.2, -0.15) is 5.10 Å². The molecule has 1 aromatic heterocycles. The molecule has 0 aliphatic carbocycles. The van der Waals surface area contributed by atoms with Gasteiger partial charge < -0.3 is 10.1 Å². The minimum absolute atomic E-state index is 0.265. The van der Waals surface area contributed by atoms with Crippen LogP contribution in [0.2, 0.25) is 0 Å². The van der Waals surface area contributed by atoms with Crippen molar-refractivity contribution in [2.75, 3.05) is 13.2 Å². The molecule has 0 radical (unpaired) electrons. The third-order valence-corrected chi connectivity index (χ3v) is 3.26. The van der Waals surface area contributed by atoms with Crippen molar-refractivity contribution in [2.45, 2.75) is 20.4 Å². The molecular weight excluding hydrogens is 338 g/mol. The van der Waals surface area contributed by atoms with Crippen molar-refractivity contribution in [3.63, 3.8) is 0 Å². The number of imide groups is 1. The van der Waals surface area contributed by atoms with Crippen LogP contribution < -0.4 is 10.6 Å². The molecule has 0 saturated carbocycles. The predicted octanol–water partition coefficient (Wildman–Crippen LogP) is 0.965. The summed E-state index contributed by atoms with van der Waals surface area (Å²) in [6.45, 7) is 4.31. The Kier molecular flexibility index (Phi) is 6.84. The summed E-state index contributed by atoms with van der Waals surface area (Å²) >= 11 is 0. The van der Waals surface area contributed by atoms with Crippen molar-refractivity contribution >= 4 is 17.9 Å². The van der Waals surface area contributed by atoms with Crippen LogP contribution in [-0.2, 0) is 16.1 Å². The Morgan fingerprint density at radius 2 is 1.92 bits per heavy atom. The first kappa shape index (κ1) is 19.1. The van der Waals surface area contributed by atoms with Crippen molar-refractivity contribution in [3.8, 4) is 0 Å². The second kappa shape index (κ2) is 9.30. The summed E-state index contributed by atoms with van der Waals surface area (Å²) in [4.78, 5) is 38.9. The second-order valence-corrected chi connectivity index (χ2v) is 6.02. The van der Waals surface area contributed by atoms with E-state index in [0.29, 0.717) is 18.7 Å². The van der Waals surface area contributed by atoms with Gasteiger partial charge in [0, 0.05) is 6.54 Å². The number of ether oxygens (including phenoxy) is 1. The SMILES string of the molecule is CC(C)CNC(=O)NC(=O)COC(=O)c1ccc(Cn2cncn2)cc1. The first-order chi connectivity index (χ1) is 12.4. The van der Waals surface area contributed by atoms with E-state index in [4.69, 9.17) is 4.74 Å². The lowest BCUT2D eigenvalue weighted by Gasteiger charge is -2.09.